The number of sulfone groups is 1. The molecule has 10 heteroatoms. The van der Waals surface area contributed by atoms with Gasteiger partial charge in [0.1, 0.15) is 4.90 Å². The smallest absolute Gasteiger partial charge is 0.243 e. The average molecular weight is 401 g/mol. The fraction of sp³-hybridized carbons (Fsp3) is 0.455. The summed E-state index contributed by atoms with van der Waals surface area (Å²) in [5.41, 5.74) is 5.61. The van der Waals surface area contributed by atoms with Crippen molar-refractivity contribution in [3.8, 4) is 0 Å². The Kier molecular flexibility index (Phi) is 4.62. The molecule has 0 amide bonds. The largest absolute Gasteiger partial charge is 0.399 e. The maximum atomic E-state index is 13.9. The van der Waals surface area contributed by atoms with Gasteiger partial charge in [0.2, 0.25) is 10.0 Å². The Morgan fingerprint density at radius 1 is 1.43 bits per heavy atom. The first kappa shape index (κ1) is 16.7. The first-order chi connectivity index (χ1) is 9.61. The van der Waals surface area contributed by atoms with Gasteiger partial charge in [0.25, 0.3) is 0 Å². The van der Waals surface area contributed by atoms with Gasteiger partial charge < -0.3 is 5.73 Å². The molecule has 2 rings (SSSR count). The number of anilines is 1. The second-order valence-electron chi connectivity index (χ2n) is 4.94. The average Bonchev–Trinajstić information content (AvgIpc) is 2.71. The molecule has 21 heavy (non-hydrogen) atoms. The molecular formula is C11H14BrFN2O4S2. The van der Waals surface area contributed by atoms with Crippen LogP contribution >= 0.6 is 15.9 Å². The van der Waals surface area contributed by atoms with Gasteiger partial charge in [-0.15, -0.1) is 0 Å². The van der Waals surface area contributed by atoms with Crippen molar-refractivity contribution in [1.82, 2.24) is 4.72 Å². The van der Waals surface area contributed by atoms with Crippen molar-refractivity contribution in [2.75, 3.05) is 23.8 Å². The minimum Gasteiger partial charge on any atom is -0.399 e. The summed E-state index contributed by atoms with van der Waals surface area (Å²) in [5, 5.41) is 0. The Hall–Kier alpha value is -0.710. The van der Waals surface area contributed by atoms with Crippen LogP contribution in [0.25, 0.3) is 0 Å². The zero-order valence-corrected chi connectivity index (χ0v) is 14.1. The molecule has 1 unspecified atom stereocenters. The van der Waals surface area contributed by atoms with Gasteiger partial charge in [0.05, 0.1) is 16.0 Å². The van der Waals surface area contributed by atoms with Gasteiger partial charge in [-0.25, -0.2) is 25.9 Å². The van der Waals surface area contributed by atoms with Gasteiger partial charge in [0.15, 0.2) is 15.7 Å². The summed E-state index contributed by atoms with van der Waals surface area (Å²) in [7, 11) is -7.18. The van der Waals surface area contributed by atoms with Crippen LogP contribution < -0.4 is 10.5 Å². The number of hydrogen-bond acceptors (Lipinski definition) is 5. The van der Waals surface area contributed by atoms with E-state index in [1.54, 1.807) is 0 Å². The van der Waals surface area contributed by atoms with Crippen molar-refractivity contribution >= 4 is 41.5 Å². The second-order valence-corrected chi connectivity index (χ2v) is 9.75. The highest BCUT2D eigenvalue weighted by molar-refractivity contribution is 9.10. The number of benzene rings is 1. The molecule has 1 atom stereocenters. The molecule has 1 aromatic carbocycles. The summed E-state index contributed by atoms with van der Waals surface area (Å²) < 4.78 is 62.9. The molecule has 1 fully saturated rings. The third-order valence-electron chi connectivity index (χ3n) is 3.20. The number of nitrogens with two attached hydrogens (primary N) is 1. The molecule has 1 heterocycles. The van der Waals surface area contributed by atoms with E-state index in [0.29, 0.717) is 6.42 Å². The van der Waals surface area contributed by atoms with Crippen molar-refractivity contribution in [2.24, 2.45) is 5.92 Å². The highest BCUT2D eigenvalue weighted by atomic mass is 79.9. The van der Waals surface area contributed by atoms with Crippen LogP contribution in [0.15, 0.2) is 21.5 Å². The van der Waals surface area contributed by atoms with E-state index < -0.39 is 30.6 Å². The Morgan fingerprint density at radius 3 is 2.67 bits per heavy atom. The summed E-state index contributed by atoms with van der Waals surface area (Å²) in [6, 6.07) is 2.28. The molecule has 0 radical (unpaired) electrons. The normalized spacial score (nSPS) is 21.5. The highest BCUT2D eigenvalue weighted by Gasteiger charge is 2.30. The molecule has 1 aliphatic heterocycles. The standard InChI is InChI=1S/C11H14BrFN2O4S2/c12-9-3-8(14)4-10(11(9)13)21(18,19)15-5-7-1-2-20(16,17)6-7/h3-4,7,15H,1-2,5-6,14H2. The quantitative estimate of drug-likeness (QED) is 0.729. The number of nitrogen functional groups attached to an aromatic ring is 1. The number of rotatable bonds is 4. The van der Waals surface area contributed by atoms with E-state index in [9.17, 15) is 21.2 Å². The summed E-state index contributed by atoms with van der Waals surface area (Å²) in [6.07, 6.45) is 0.397. The summed E-state index contributed by atoms with van der Waals surface area (Å²) in [6.45, 7) is -0.0482. The lowest BCUT2D eigenvalue weighted by Gasteiger charge is -2.12. The molecule has 0 aromatic heterocycles. The van der Waals surface area contributed by atoms with E-state index in [1.807, 2.05) is 0 Å². The van der Waals surface area contributed by atoms with Crippen LogP contribution in [0.5, 0.6) is 0 Å². The summed E-state index contributed by atoms with van der Waals surface area (Å²) in [5.74, 6) is -1.23. The zero-order valence-electron chi connectivity index (χ0n) is 10.8. The molecule has 0 spiro atoms. The number of nitrogens with one attached hydrogen (secondary N) is 1. The predicted molar refractivity (Wildman–Crippen MR) is 80.5 cm³/mol. The first-order valence-corrected chi connectivity index (χ1v) is 10.1. The van der Waals surface area contributed by atoms with Gasteiger partial charge in [-0.2, -0.15) is 0 Å². The molecular weight excluding hydrogens is 387 g/mol. The van der Waals surface area contributed by atoms with E-state index in [2.05, 4.69) is 20.7 Å². The fourth-order valence-electron chi connectivity index (χ4n) is 2.12. The Balaban J connectivity index is 2.16. The number of sulfonamides is 1. The topological polar surface area (TPSA) is 106 Å². The van der Waals surface area contributed by atoms with E-state index in [4.69, 9.17) is 5.73 Å². The van der Waals surface area contributed by atoms with Crippen molar-refractivity contribution < 1.29 is 21.2 Å². The van der Waals surface area contributed by atoms with Gasteiger partial charge in [-0.1, -0.05) is 0 Å². The molecule has 118 valence electrons. The third-order valence-corrected chi connectivity index (χ3v) is 7.03. The third kappa shape index (κ3) is 3.93. The van der Waals surface area contributed by atoms with E-state index in [-0.39, 0.29) is 34.1 Å². The fourth-order valence-corrected chi connectivity index (χ4v) is 5.84. The highest BCUT2D eigenvalue weighted by Crippen LogP contribution is 2.26. The molecule has 0 aliphatic carbocycles. The Labute approximate surface area is 131 Å². The van der Waals surface area contributed by atoms with Gasteiger partial charge in [0, 0.05) is 12.2 Å². The monoisotopic (exact) mass is 400 g/mol. The van der Waals surface area contributed by atoms with Gasteiger partial charge in [-0.05, 0) is 40.4 Å². The van der Waals surface area contributed by atoms with Crippen LogP contribution in [0.2, 0.25) is 0 Å². The maximum Gasteiger partial charge on any atom is 0.243 e. The lowest BCUT2D eigenvalue weighted by atomic mass is 10.1. The number of hydrogen-bond donors (Lipinski definition) is 2. The molecule has 0 bridgehead atoms. The molecule has 0 saturated carbocycles. The van der Waals surface area contributed by atoms with E-state index in [0.717, 1.165) is 6.07 Å². The van der Waals surface area contributed by atoms with Crippen LogP contribution in [-0.2, 0) is 19.9 Å². The number of halogens is 2. The van der Waals surface area contributed by atoms with E-state index >= 15 is 0 Å². The zero-order chi connectivity index (χ0) is 15.8. The van der Waals surface area contributed by atoms with Crippen molar-refractivity contribution in [2.45, 2.75) is 11.3 Å². The van der Waals surface area contributed by atoms with Crippen LogP contribution in [-0.4, -0.2) is 34.9 Å². The van der Waals surface area contributed by atoms with Gasteiger partial charge in [-0.3, -0.25) is 0 Å². The second kappa shape index (κ2) is 5.82. The summed E-state index contributed by atoms with van der Waals surface area (Å²) >= 11 is 2.90. The SMILES string of the molecule is Nc1cc(Br)c(F)c(S(=O)(=O)NCC2CCS(=O)(=O)C2)c1. The lowest BCUT2D eigenvalue weighted by molar-refractivity contribution is 0.531. The first-order valence-electron chi connectivity index (χ1n) is 6.05. The van der Waals surface area contributed by atoms with Crippen molar-refractivity contribution in [3.05, 3.63) is 22.4 Å². The minimum atomic E-state index is -4.09. The van der Waals surface area contributed by atoms with Crippen LogP contribution in [0.3, 0.4) is 0 Å². The molecule has 6 nitrogen and oxygen atoms in total. The molecule has 1 aromatic rings. The van der Waals surface area contributed by atoms with Crippen LogP contribution in [0.1, 0.15) is 6.42 Å². The van der Waals surface area contributed by atoms with Gasteiger partial charge >= 0.3 is 0 Å². The Bertz CT molecular complexity index is 765. The molecule has 1 aliphatic rings. The molecule has 1 saturated heterocycles. The maximum absolute atomic E-state index is 13.9. The molecule has 3 N–H and O–H groups in total. The lowest BCUT2D eigenvalue weighted by Crippen LogP contribution is -2.30. The van der Waals surface area contributed by atoms with Crippen molar-refractivity contribution in [1.29, 1.82) is 0 Å². The van der Waals surface area contributed by atoms with Crippen LogP contribution in [0.4, 0.5) is 10.1 Å². The van der Waals surface area contributed by atoms with Crippen LogP contribution in [0, 0.1) is 11.7 Å². The van der Waals surface area contributed by atoms with E-state index in [1.165, 1.54) is 6.07 Å². The minimum absolute atomic E-state index is 0.0482. The van der Waals surface area contributed by atoms with Crippen molar-refractivity contribution in [3.63, 3.8) is 0 Å². The summed E-state index contributed by atoms with van der Waals surface area (Å²) in [4.78, 5) is -0.560. The Morgan fingerprint density at radius 2 is 2.10 bits per heavy atom. The predicted octanol–water partition coefficient (Wildman–Crippen LogP) is 0.883.